The predicted octanol–water partition coefficient (Wildman–Crippen LogP) is 4.61. The lowest BCUT2D eigenvalue weighted by atomic mass is 9.90. The molecular weight excluding hydrogens is 289 g/mol. The molecule has 1 amide bonds. The molecule has 0 spiro atoms. The van der Waals surface area contributed by atoms with Crippen LogP contribution < -0.4 is 5.32 Å². The summed E-state index contributed by atoms with van der Waals surface area (Å²) in [5.74, 6) is -0.757. The van der Waals surface area contributed by atoms with Crippen LogP contribution in [0.1, 0.15) is 34.3 Å². The SMILES string of the molecule is O=C(Nc1cccc2c1CCCC2)c1ccc(F)cc1Cl. The van der Waals surface area contributed by atoms with E-state index in [1.165, 1.54) is 29.7 Å². The molecule has 2 aromatic carbocycles. The molecule has 0 saturated carbocycles. The smallest absolute Gasteiger partial charge is 0.257 e. The summed E-state index contributed by atoms with van der Waals surface area (Å²) in [6.07, 6.45) is 4.35. The van der Waals surface area contributed by atoms with Gasteiger partial charge in [0.05, 0.1) is 10.6 Å². The molecule has 108 valence electrons. The molecule has 3 rings (SSSR count). The van der Waals surface area contributed by atoms with E-state index in [0.29, 0.717) is 0 Å². The van der Waals surface area contributed by atoms with Gasteiger partial charge in [-0.2, -0.15) is 0 Å². The summed E-state index contributed by atoms with van der Waals surface area (Å²) < 4.78 is 13.0. The Balaban J connectivity index is 1.88. The highest BCUT2D eigenvalue weighted by Gasteiger charge is 2.16. The van der Waals surface area contributed by atoms with E-state index < -0.39 is 5.82 Å². The Labute approximate surface area is 127 Å². The molecule has 0 saturated heterocycles. The fraction of sp³-hybridized carbons (Fsp3) is 0.235. The van der Waals surface area contributed by atoms with Gasteiger partial charge in [-0.05, 0) is 61.1 Å². The van der Waals surface area contributed by atoms with Gasteiger partial charge in [0.2, 0.25) is 0 Å². The Morgan fingerprint density at radius 2 is 1.95 bits per heavy atom. The Morgan fingerprint density at radius 3 is 2.76 bits per heavy atom. The van der Waals surface area contributed by atoms with Gasteiger partial charge in [-0.1, -0.05) is 23.7 Å². The summed E-state index contributed by atoms with van der Waals surface area (Å²) in [7, 11) is 0. The highest BCUT2D eigenvalue weighted by Crippen LogP contribution is 2.28. The minimum absolute atomic E-state index is 0.122. The van der Waals surface area contributed by atoms with Crippen molar-refractivity contribution >= 4 is 23.2 Å². The van der Waals surface area contributed by atoms with E-state index in [1.807, 2.05) is 12.1 Å². The van der Waals surface area contributed by atoms with Gasteiger partial charge in [0, 0.05) is 5.69 Å². The van der Waals surface area contributed by atoms with Gasteiger partial charge in [0.1, 0.15) is 5.82 Å². The number of benzene rings is 2. The number of carbonyl (C=O) groups excluding carboxylic acids is 1. The van der Waals surface area contributed by atoms with Gasteiger partial charge in [-0.25, -0.2) is 4.39 Å². The number of aryl methyl sites for hydroxylation is 1. The van der Waals surface area contributed by atoms with Crippen molar-refractivity contribution in [3.05, 3.63) is 63.9 Å². The number of halogens is 2. The second-order valence-corrected chi connectivity index (χ2v) is 5.64. The van der Waals surface area contributed by atoms with Crippen molar-refractivity contribution in [1.82, 2.24) is 0 Å². The summed E-state index contributed by atoms with van der Waals surface area (Å²) >= 11 is 5.93. The summed E-state index contributed by atoms with van der Waals surface area (Å²) in [6, 6.07) is 9.75. The van der Waals surface area contributed by atoms with Gasteiger partial charge in [-0.3, -0.25) is 4.79 Å². The van der Waals surface area contributed by atoms with Crippen molar-refractivity contribution < 1.29 is 9.18 Å². The van der Waals surface area contributed by atoms with Crippen LogP contribution in [-0.4, -0.2) is 5.91 Å². The molecule has 0 bridgehead atoms. The molecule has 2 aromatic rings. The third kappa shape index (κ3) is 2.93. The summed E-state index contributed by atoms with van der Waals surface area (Å²) in [5, 5.41) is 3.02. The van der Waals surface area contributed by atoms with Crippen LogP contribution in [0.15, 0.2) is 36.4 Å². The van der Waals surface area contributed by atoms with Crippen molar-refractivity contribution in [1.29, 1.82) is 0 Å². The Bertz CT molecular complexity index is 699. The number of anilines is 1. The predicted molar refractivity (Wildman–Crippen MR) is 82.4 cm³/mol. The van der Waals surface area contributed by atoms with Gasteiger partial charge in [0.25, 0.3) is 5.91 Å². The molecule has 2 nitrogen and oxygen atoms in total. The topological polar surface area (TPSA) is 29.1 Å². The van der Waals surface area contributed by atoms with Crippen molar-refractivity contribution in [2.75, 3.05) is 5.32 Å². The second-order valence-electron chi connectivity index (χ2n) is 5.23. The average molecular weight is 304 g/mol. The number of fused-ring (bicyclic) bond motifs is 1. The van der Waals surface area contributed by atoms with E-state index in [2.05, 4.69) is 11.4 Å². The molecule has 0 aliphatic heterocycles. The van der Waals surface area contributed by atoms with Gasteiger partial charge in [-0.15, -0.1) is 0 Å². The van der Waals surface area contributed by atoms with Crippen LogP contribution in [0.4, 0.5) is 10.1 Å². The Morgan fingerprint density at radius 1 is 1.14 bits per heavy atom. The van der Waals surface area contributed by atoms with Crippen LogP contribution in [-0.2, 0) is 12.8 Å². The lowest BCUT2D eigenvalue weighted by Gasteiger charge is -2.19. The monoisotopic (exact) mass is 303 g/mol. The van der Waals surface area contributed by atoms with E-state index >= 15 is 0 Å². The van der Waals surface area contributed by atoms with Gasteiger partial charge >= 0.3 is 0 Å². The molecule has 21 heavy (non-hydrogen) atoms. The number of rotatable bonds is 2. The van der Waals surface area contributed by atoms with Gasteiger partial charge < -0.3 is 5.32 Å². The molecular formula is C17H15ClFNO. The molecule has 1 aliphatic rings. The zero-order chi connectivity index (χ0) is 14.8. The molecule has 0 heterocycles. The molecule has 0 atom stereocenters. The van der Waals surface area contributed by atoms with E-state index in [1.54, 1.807) is 0 Å². The minimum Gasteiger partial charge on any atom is -0.322 e. The van der Waals surface area contributed by atoms with Crippen LogP contribution in [0, 0.1) is 5.82 Å². The van der Waals surface area contributed by atoms with Crippen molar-refractivity contribution in [3.8, 4) is 0 Å². The molecule has 0 unspecified atom stereocenters. The first-order valence-electron chi connectivity index (χ1n) is 7.02. The van der Waals surface area contributed by atoms with Gasteiger partial charge in [0.15, 0.2) is 0 Å². The van der Waals surface area contributed by atoms with Crippen LogP contribution in [0.3, 0.4) is 0 Å². The number of nitrogens with one attached hydrogen (secondary N) is 1. The van der Waals surface area contributed by atoms with Crippen LogP contribution in [0.2, 0.25) is 5.02 Å². The molecule has 4 heteroatoms. The van der Waals surface area contributed by atoms with Crippen molar-refractivity contribution in [2.45, 2.75) is 25.7 Å². The third-order valence-corrected chi connectivity index (χ3v) is 4.13. The quantitative estimate of drug-likeness (QED) is 0.862. The minimum atomic E-state index is -0.450. The molecule has 0 radical (unpaired) electrons. The number of amides is 1. The summed E-state index contributed by atoms with van der Waals surface area (Å²) in [5.41, 5.74) is 3.61. The molecule has 1 aliphatic carbocycles. The summed E-state index contributed by atoms with van der Waals surface area (Å²) in [4.78, 5) is 12.3. The van der Waals surface area contributed by atoms with Crippen LogP contribution in [0.5, 0.6) is 0 Å². The number of hydrogen-bond acceptors (Lipinski definition) is 1. The highest BCUT2D eigenvalue weighted by atomic mass is 35.5. The fourth-order valence-corrected chi connectivity index (χ4v) is 3.01. The maximum atomic E-state index is 13.0. The standard InChI is InChI=1S/C17H15ClFNO/c18-15-10-12(19)8-9-14(15)17(21)20-16-7-3-5-11-4-1-2-6-13(11)16/h3,5,7-10H,1-2,4,6H2,(H,20,21). The van der Waals surface area contributed by atoms with E-state index in [-0.39, 0.29) is 16.5 Å². The zero-order valence-electron chi connectivity index (χ0n) is 11.5. The van der Waals surface area contributed by atoms with E-state index in [9.17, 15) is 9.18 Å². The molecule has 0 aromatic heterocycles. The molecule has 0 fully saturated rings. The number of hydrogen-bond donors (Lipinski definition) is 1. The van der Waals surface area contributed by atoms with Crippen LogP contribution >= 0.6 is 11.6 Å². The first-order valence-corrected chi connectivity index (χ1v) is 7.40. The lowest BCUT2D eigenvalue weighted by Crippen LogP contribution is -2.16. The first-order chi connectivity index (χ1) is 10.1. The fourth-order valence-electron chi connectivity index (χ4n) is 2.76. The highest BCUT2D eigenvalue weighted by molar-refractivity contribution is 6.34. The third-order valence-electron chi connectivity index (χ3n) is 3.82. The maximum Gasteiger partial charge on any atom is 0.257 e. The largest absolute Gasteiger partial charge is 0.322 e. The van der Waals surface area contributed by atoms with Crippen molar-refractivity contribution in [3.63, 3.8) is 0 Å². The van der Waals surface area contributed by atoms with E-state index in [4.69, 9.17) is 11.6 Å². The van der Waals surface area contributed by atoms with E-state index in [0.717, 1.165) is 31.0 Å². The Hall–Kier alpha value is -1.87. The molecule has 1 N–H and O–H groups in total. The van der Waals surface area contributed by atoms with Crippen LogP contribution in [0.25, 0.3) is 0 Å². The van der Waals surface area contributed by atoms with Crippen molar-refractivity contribution in [2.24, 2.45) is 0 Å². The normalized spacial score (nSPS) is 13.6. The Kier molecular flexibility index (Phi) is 3.93. The number of carbonyl (C=O) groups is 1. The maximum absolute atomic E-state index is 13.0. The lowest BCUT2D eigenvalue weighted by molar-refractivity contribution is 0.102. The average Bonchev–Trinajstić information content (AvgIpc) is 2.47. The second kappa shape index (κ2) is 5.86. The first kappa shape index (κ1) is 14.1. The summed E-state index contributed by atoms with van der Waals surface area (Å²) in [6.45, 7) is 0. The zero-order valence-corrected chi connectivity index (χ0v) is 12.2.